The molecule has 0 aliphatic carbocycles. The molecule has 0 spiro atoms. The minimum absolute atomic E-state index is 0.0125. The van der Waals surface area contributed by atoms with Gasteiger partial charge in [-0.2, -0.15) is 0 Å². The van der Waals surface area contributed by atoms with Crippen molar-refractivity contribution in [2.75, 3.05) is 52.7 Å². The van der Waals surface area contributed by atoms with Gasteiger partial charge < -0.3 is 30.0 Å². The quantitative estimate of drug-likeness (QED) is 0.111. The molecule has 33 heavy (non-hydrogen) atoms. The zero-order valence-electron chi connectivity index (χ0n) is 20.8. The molecule has 3 N–H and O–H groups in total. The average molecular weight is 473 g/mol. The van der Waals surface area contributed by atoms with E-state index in [0.717, 1.165) is 45.1 Å². The molecule has 0 aromatic heterocycles. The van der Waals surface area contributed by atoms with Gasteiger partial charge in [0.2, 0.25) is 0 Å². The number of esters is 1. The van der Waals surface area contributed by atoms with E-state index >= 15 is 0 Å². The van der Waals surface area contributed by atoms with Gasteiger partial charge in [0.25, 0.3) is 0 Å². The van der Waals surface area contributed by atoms with Gasteiger partial charge in [-0.05, 0) is 45.4 Å². The van der Waals surface area contributed by atoms with E-state index in [1.54, 1.807) is 0 Å². The second-order valence-electron chi connectivity index (χ2n) is 7.94. The van der Waals surface area contributed by atoms with Crippen molar-refractivity contribution >= 4 is 12.0 Å². The van der Waals surface area contributed by atoms with Gasteiger partial charge in [-0.3, -0.25) is 4.79 Å². The zero-order valence-corrected chi connectivity index (χ0v) is 20.8. The first-order valence-corrected chi connectivity index (χ1v) is 12.8. The van der Waals surface area contributed by atoms with Crippen molar-refractivity contribution in [1.82, 2.24) is 10.6 Å². The van der Waals surface area contributed by atoms with Crippen LogP contribution in [0.25, 0.3) is 0 Å². The van der Waals surface area contributed by atoms with Crippen LogP contribution in [0, 0.1) is 0 Å². The highest BCUT2D eigenvalue weighted by molar-refractivity contribution is 5.73. The Morgan fingerprint density at radius 2 is 1.30 bits per heavy atom. The lowest BCUT2D eigenvalue weighted by molar-refractivity contribution is -0.145. The SMILES string of the molecule is CCNC(=O)NCCCCC=CCCCCCCCCCC(=O)OCCOCCOCCO. The first kappa shape index (κ1) is 31.4. The summed E-state index contributed by atoms with van der Waals surface area (Å²) in [6.07, 6.45) is 17.4. The van der Waals surface area contributed by atoms with Gasteiger partial charge in [0, 0.05) is 19.5 Å². The van der Waals surface area contributed by atoms with E-state index in [2.05, 4.69) is 22.8 Å². The summed E-state index contributed by atoms with van der Waals surface area (Å²) in [6.45, 7) is 5.17. The van der Waals surface area contributed by atoms with Crippen molar-refractivity contribution in [3.05, 3.63) is 12.2 Å². The molecule has 0 saturated heterocycles. The molecule has 0 aromatic rings. The van der Waals surface area contributed by atoms with Gasteiger partial charge in [0.05, 0.1) is 33.0 Å². The summed E-state index contributed by atoms with van der Waals surface area (Å²) in [4.78, 5) is 22.9. The van der Waals surface area contributed by atoms with Gasteiger partial charge in [0.15, 0.2) is 0 Å². The van der Waals surface area contributed by atoms with Crippen molar-refractivity contribution in [3.8, 4) is 0 Å². The number of hydrogen-bond acceptors (Lipinski definition) is 6. The number of amides is 2. The third kappa shape index (κ3) is 26.5. The Morgan fingerprint density at radius 3 is 1.97 bits per heavy atom. The topological polar surface area (TPSA) is 106 Å². The summed E-state index contributed by atoms with van der Waals surface area (Å²) in [7, 11) is 0. The largest absolute Gasteiger partial charge is 0.463 e. The smallest absolute Gasteiger partial charge is 0.314 e. The van der Waals surface area contributed by atoms with Gasteiger partial charge in [-0.25, -0.2) is 4.79 Å². The highest BCUT2D eigenvalue weighted by atomic mass is 16.6. The van der Waals surface area contributed by atoms with Crippen LogP contribution in [0.3, 0.4) is 0 Å². The fraction of sp³-hybridized carbons (Fsp3) is 0.840. The molecule has 0 atom stereocenters. The van der Waals surface area contributed by atoms with Gasteiger partial charge in [-0.1, -0.05) is 44.3 Å². The first-order chi connectivity index (χ1) is 16.2. The number of rotatable bonds is 24. The third-order valence-corrected chi connectivity index (χ3v) is 4.94. The summed E-state index contributed by atoms with van der Waals surface area (Å²) in [5.41, 5.74) is 0. The molecule has 0 fully saturated rings. The molecule has 0 aliphatic rings. The number of nitrogens with one attached hydrogen (secondary N) is 2. The maximum absolute atomic E-state index is 11.6. The number of carbonyl (C=O) groups excluding carboxylic acids is 2. The maximum atomic E-state index is 11.6. The zero-order chi connectivity index (χ0) is 24.2. The van der Waals surface area contributed by atoms with E-state index in [1.165, 1.54) is 32.1 Å². The number of aliphatic hydroxyl groups excluding tert-OH is 1. The van der Waals surface area contributed by atoms with Crippen LogP contribution < -0.4 is 10.6 Å². The summed E-state index contributed by atoms with van der Waals surface area (Å²) < 4.78 is 15.5. The van der Waals surface area contributed by atoms with E-state index in [1.807, 2.05) is 6.92 Å². The van der Waals surface area contributed by atoms with Crippen LogP contribution in [0.2, 0.25) is 0 Å². The Balaban J connectivity index is 3.23. The van der Waals surface area contributed by atoms with E-state index in [0.29, 0.717) is 39.4 Å². The van der Waals surface area contributed by atoms with Crippen LogP contribution in [0.1, 0.15) is 84.0 Å². The van der Waals surface area contributed by atoms with Crippen LogP contribution in [0.15, 0.2) is 12.2 Å². The van der Waals surface area contributed by atoms with Crippen molar-refractivity contribution in [1.29, 1.82) is 0 Å². The third-order valence-electron chi connectivity index (χ3n) is 4.94. The number of hydrogen-bond donors (Lipinski definition) is 3. The van der Waals surface area contributed by atoms with E-state index in [-0.39, 0.29) is 25.2 Å². The maximum Gasteiger partial charge on any atom is 0.314 e. The van der Waals surface area contributed by atoms with Crippen LogP contribution in [-0.2, 0) is 19.0 Å². The van der Waals surface area contributed by atoms with E-state index < -0.39 is 0 Å². The monoisotopic (exact) mass is 472 g/mol. The van der Waals surface area contributed by atoms with Gasteiger partial charge >= 0.3 is 12.0 Å². The molecule has 8 nitrogen and oxygen atoms in total. The van der Waals surface area contributed by atoms with Gasteiger partial charge in [-0.15, -0.1) is 0 Å². The predicted molar refractivity (Wildman–Crippen MR) is 131 cm³/mol. The first-order valence-electron chi connectivity index (χ1n) is 12.8. The molecule has 0 aliphatic heterocycles. The van der Waals surface area contributed by atoms with Crippen molar-refractivity contribution in [2.45, 2.75) is 84.0 Å². The van der Waals surface area contributed by atoms with Gasteiger partial charge in [0.1, 0.15) is 6.61 Å². The summed E-state index contributed by atoms with van der Waals surface area (Å²) >= 11 is 0. The Labute approximate surface area is 200 Å². The lowest BCUT2D eigenvalue weighted by atomic mass is 10.1. The number of allylic oxidation sites excluding steroid dienone is 2. The molecule has 0 unspecified atom stereocenters. The average Bonchev–Trinajstić information content (AvgIpc) is 2.80. The lowest BCUT2D eigenvalue weighted by Gasteiger charge is -2.06. The fourth-order valence-electron chi connectivity index (χ4n) is 3.14. The molecule has 0 rings (SSSR count). The number of unbranched alkanes of at least 4 members (excludes halogenated alkanes) is 9. The van der Waals surface area contributed by atoms with Crippen molar-refractivity contribution in [2.24, 2.45) is 0 Å². The summed E-state index contributed by atoms with van der Waals surface area (Å²) in [5.74, 6) is -0.153. The second kappa shape index (κ2) is 26.6. The molecule has 8 heteroatoms. The molecule has 2 amide bonds. The van der Waals surface area contributed by atoms with Crippen molar-refractivity contribution in [3.63, 3.8) is 0 Å². The standard InChI is InChI=1S/C25H48N2O6/c1-2-26-25(30)27-17-15-13-11-9-7-5-3-4-6-8-10-12-14-16-24(29)33-23-22-32-21-20-31-19-18-28/h7,9,28H,2-6,8,10-23H2,1H3,(H2,26,27,30). The Kier molecular flexibility index (Phi) is 25.3. The number of urea groups is 1. The minimum atomic E-state index is -0.153. The minimum Gasteiger partial charge on any atom is -0.463 e. The molecule has 0 heterocycles. The molecule has 0 bridgehead atoms. The molecule has 194 valence electrons. The van der Waals surface area contributed by atoms with Crippen LogP contribution in [-0.4, -0.2) is 69.8 Å². The number of aliphatic hydroxyl groups is 1. The van der Waals surface area contributed by atoms with Crippen LogP contribution >= 0.6 is 0 Å². The highest BCUT2D eigenvalue weighted by Gasteiger charge is 2.02. The molecule has 0 saturated carbocycles. The van der Waals surface area contributed by atoms with E-state index in [9.17, 15) is 9.59 Å². The Hall–Kier alpha value is -1.64. The summed E-state index contributed by atoms with van der Waals surface area (Å²) in [6, 6.07) is -0.0776. The second-order valence-corrected chi connectivity index (χ2v) is 7.94. The predicted octanol–water partition coefficient (Wildman–Crippen LogP) is 4.11. The fourth-order valence-corrected chi connectivity index (χ4v) is 3.14. The molecular weight excluding hydrogens is 424 g/mol. The van der Waals surface area contributed by atoms with Crippen LogP contribution in [0.5, 0.6) is 0 Å². The molecule has 0 radical (unpaired) electrons. The Morgan fingerprint density at radius 1 is 0.727 bits per heavy atom. The molecule has 0 aromatic carbocycles. The summed E-state index contributed by atoms with van der Waals surface area (Å²) in [5, 5.41) is 14.1. The lowest BCUT2D eigenvalue weighted by Crippen LogP contribution is -2.35. The number of ether oxygens (including phenoxy) is 3. The normalized spacial score (nSPS) is 11.1. The molecular formula is C25H48N2O6. The van der Waals surface area contributed by atoms with Crippen molar-refractivity contribution < 1.29 is 28.9 Å². The van der Waals surface area contributed by atoms with Crippen LogP contribution in [0.4, 0.5) is 4.79 Å². The Bertz CT molecular complexity index is 474. The highest BCUT2D eigenvalue weighted by Crippen LogP contribution is 2.10. The van der Waals surface area contributed by atoms with E-state index in [4.69, 9.17) is 19.3 Å². The number of carbonyl (C=O) groups is 2.